The number of carbonyl (C=O) groups is 3. The van der Waals surface area contributed by atoms with Crippen LogP contribution >= 0.6 is 15.9 Å². The molecule has 0 aliphatic carbocycles. The molecule has 0 aliphatic rings. The number of methoxy groups -OCH3 is 1. The molecule has 33 heavy (non-hydrogen) atoms. The van der Waals surface area contributed by atoms with E-state index in [0.717, 1.165) is 15.6 Å². The third-order valence-corrected chi connectivity index (χ3v) is 5.35. The van der Waals surface area contributed by atoms with Crippen molar-refractivity contribution in [3.05, 3.63) is 100 Å². The normalized spacial score (nSPS) is 11.3. The minimum absolute atomic E-state index is 0.0108. The lowest BCUT2D eigenvalue weighted by atomic mass is 9.97. The number of rotatable bonds is 9. The highest BCUT2D eigenvalue weighted by Crippen LogP contribution is 2.31. The molecule has 3 N–H and O–H groups in total. The second kappa shape index (κ2) is 11.9. The first-order chi connectivity index (χ1) is 16.0. The predicted molar refractivity (Wildman–Crippen MR) is 130 cm³/mol. The highest BCUT2D eigenvalue weighted by molar-refractivity contribution is 9.10. The zero-order valence-electron chi connectivity index (χ0n) is 18.0. The fourth-order valence-electron chi connectivity index (χ4n) is 3.24. The summed E-state index contributed by atoms with van der Waals surface area (Å²) in [6.45, 7) is -0.197. The van der Waals surface area contributed by atoms with E-state index in [9.17, 15) is 14.4 Å². The number of hydrogen-bond donors (Lipinski definition) is 3. The van der Waals surface area contributed by atoms with E-state index in [1.807, 2.05) is 48.5 Å². The summed E-state index contributed by atoms with van der Waals surface area (Å²) in [5.74, 6) is -1.11. The lowest BCUT2D eigenvalue weighted by Gasteiger charge is -2.23. The molecular formula is C25H24BrN3O4. The highest BCUT2D eigenvalue weighted by Gasteiger charge is 2.20. The van der Waals surface area contributed by atoms with Crippen LogP contribution in [0, 0.1) is 0 Å². The molecule has 3 aromatic carbocycles. The van der Waals surface area contributed by atoms with E-state index >= 15 is 0 Å². The number of esters is 1. The molecule has 170 valence electrons. The molecule has 0 fully saturated rings. The summed E-state index contributed by atoms with van der Waals surface area (Å²) in [6.07, 6.45) is 0. The van der Waals surface area contributed by atoms with Crippen LogP contribution < -0.4 is 16.0 Å². The highest BCUT2D eigenvalue weighted by atomic mass is 79.9. The lowest BCUT2D eigenvalue weighted by molar-refractivity contribution is -0.139. The molecule has 1 atom stereocenters. The molecule has 0 aromatic heterocycles. The second-order valence-corrected chi connectivity index (χ2v) is 8.04. The largest absolute Gasteiger partial charge is 0.468 e. The van der Waals surface area contributed by atoms with E-state index in [1.54, 1.807) is 30.3 Å². The fourth-order valence-corrected chi connectivity index (χ4v) is 3.62. The van der Waals surface area contributed by atoms with Gasteiger partial charge in [-0.15, -0.1) is 0 Å². The Morgan fingerprint density at radius 3 is 2.24 bits per heavy atom. The topological polar surface area (TPSA) is 96.5 Å². The van der Waals surface area contributed by atoms with Crippen molar-refractivity contribution in [2.45, 2.75) is 6.04 Å². The van der Waals surface area contributed by atoms with E-state index in [4.69, 9.17) is 4.74 Å². The first kappa shape index (κ1) is 24.2. The Kier molecular flexibility index (Phi) is 8.74. The average molecular weight is 510 g/mol. The van der Waals surface area contributed by atoms with Crippen LogP contribution in [0.4, 0.5) is 5.69 Å². The first-order valence-corrected chi connectivity index (χ1v) is 11.0. The summed E-state index contributed by atoms with van der Waals surface area (Å²) >= 11 is 3.48. The van der Waals surface area contributed by atoms with Gasteiger partial charge in [0.1, 0.15) is 0 Å². The van der Waals surface area contributed by atoms with Gasteiger partial charge in [-0.05, 0) is 41.5 Å². The van der Waals surface area contributed by atoms with Gasteiger partial charge in [-0.3, -0.25) is 19.7 Å². The molecule has 0 saturated carbocycles. The van der Waals surface area contributed by atoms with Crippen LogP contribution in [0.1, 0.15) is 27.5 Å². The summed E-state index contributed by atoms with van der Waals surface area (Å²) in [4.78, 5) is 36.6. The molecule has 0 bridgehead atoms. The van der Waals surface area contributed by atoms with Crippen LogP contribution in [-0.4, -0.2) is 38.0 Å². The Morgan fingerprint density at radius 1 is 0.909 bits per heavy atom. The molecule has 3 aromatic rings. The van der Waals surface area contributed by atoms with Crippen molar-refractivity contribution in [2.75, 3.05) is 25.5 Å². The second-order valence-electron chi connectivity index (χ2n) is 7.13. The van der Waals surface area contributed by atoms with Crippen molar-refractivity contribution in [2.24, 2.45) is 0 Å². The van der Waals surface area contributed by atoms with E-state index in [1.165, 1.54) is 7.11 Å². The summed E-state index contributed by atoms with van der Waals surface area (Å²) < 4.78 is 5.57. The van der Waals surface area contributed by atoms with E-state index < -0.39 is 12.0 Å². The Balaban J connectivity index is 1.79. The van der Waals surface area contributed by atoms with Crippen LogP contribution in [0.3, 0.4) is 0 Å². The summed E-state index contributed by atoms with van der Waals surface area (Å²) in [7, 11) is 1.33. The van der Waals surface area contributed by atoms with Gasteiger partial charge in [0.15, 0.2) is 0 Å². The molecule has 0 unspecified atom stereocenters. The SMILES string of the molecule is COC(=O)CN[C@H](c1ccccc1)c1cc(Br)ccc1NC(=O)CNC(=O)c1ccccc1. The average Bonchev–Trinajstić information content (AvgIpc) is 2.85. The molecule has 0 heterocycles. The van der Waals surface area contributed by atoms with Crippen molar-refractivity contribution in [1.29, 1.82) is 0 Å². The van der Waals surface area contributed by atoms with Crippen LogP contribution in [0.5, 0.6) is 0 Å². The van der Waals surface area contributed by atoms with Crippen LogP contribution in [0.2, 0.25) is 0 Å². The molecule has 0 aliphatic heterocycles. The van der Waals surface area contributed by atoms with Crippen molar-refractivity contribution in [3.63, 3.8) is 0 Å². The van der Waals surface area contributed by atoms with Crippen molar-refractivity contribution < 1.29 is 19.1 Å². The quantitative estimate of drug-likeness (QED) is 0.382. The number of anilines is 1. The third kappa shape index (κ3) is 7.00. The zero-order valence-corrected chi connectivity index (χ0v) is 19.6. The Morgan fingerprint density at radius 2 is 1.58 bits per heavy atom. The lowest BCUT2D eigenvalue weighted by Crippen LogP contribution is -2.34. The zero-order chi connectivity index (χ0) is 23.6. The van der Waals surface area contributed by atoms with E-state index in [0.29, 0.717) is 11.3 Å². The number of ether oxygens (including phenoxy) is 1. The van der Waals surface area contributed by atoms with Crippen molar-refractivity contribution in [3.8, 4) is 0 Å². The minimum Gasteiger partial charge on any atom is -0.468 e. The predicted octanol–water partition coefficient (Wildman–Crippen LogP) is 3.67. The number of benzene rings is 3. The monoisotopic (exact) mass is 509 g/mol. The van der Waals surface area contributed by atoms with Gasteiger partial charge in [0.05, 0.1) is 26.2 Å². The van der Waals surface area contributed by atoms with Gasteiger partial charge in [0, 0.05) is 15.7 Å². The van der Waals surface area contributed by atoms with Gasteiger partial charge < -0.3 is 15.4 Å². The van der Waals surface area contributed by atoms with Crippen LogP contribution in [0.25, 0.3) is 0 Å². The van der Waals surface area contributed by atoms with Gasteiger partial charge in [0.2, 0.25) is 5.91 Å². The molecule has 0 radical (unpaired) electrons. The number of halogens is 1. The van der Waals surface area contributed by atoms with Crippen LogP contribution in [0.15, 0.2) is 83.3 Å². The van der Waals surface area contributed by atoms with Gasteiger partial charge in [-0.1, -0.05) is 64.5 Å². The summed E-state index contributed by atoms with van der Waals surface area (Å²) in [5.41, 5.74) is 2.70. The first-order valence-electron chi connectivity index (χ1n) is 10.3. The van der Waals surface area contributed by atoms with Crippen LogP contribution in [-0.2, 0) is 14.3 Å². The fraction of sp³-hybridized carbons (Fsp3) is 0.160. The van der Waals surface area contributed by atoms with Crippen molar-refractivity contribution in [1.82, 2.24) is 10.6 Å². The van der Waals surface area contributed by atoms with Gasteiger partial charge in [0.25, 0.3) is 5.91 Å². The maximum Gasteiger partial charge on any atom is 0.319 e. The molecule has 0 spiro atoms. The molecule has 3 rings (SSSR count). The van der Waals surface area contributed by atoms with E-state index in [2.05, 4.69) is 31.9 Å². The Hall–Kier alpha value is -3.49. The number of carbonyl (C=O) groups excluding carboxylic acids is 3. The van der Waals surface area contributed by atoms with Gasteiger partial charge in [-0.2, -0.15) is 0 Å². The third-order valence-electron chi connectivity index (χ3n) is 4.86. The maximum absolute atomic E-state index is 12.6. The molecule has 2 amide bonds. The number of hydrogen-bond acceptors (Lipinski definition) is 5. The smallest absolute Gasteiger partial charge is 0.319 e. The van der Waals surface area contributed by atoms with Gasteiger partial charge >= 0.3 is 5.97 Å². The maximum atomic E-state index is 12.6. The Labute approximate surface area is 200 Å². The summed E-state index contributed by atoms with van der Waals surface area (Å²) in [6, 6.07) is 23.3. The standard InChI is InChI=1S/C25H24BrN3O4/c1-33-23(31)16-27-24(17-8-4-2-5-9-17)20-14-19(26)12-13-21(20)29-22(30)15-28-25(32)18-10-6-3-7-11-18/h2-14,24,27H,15-16H2,1H3,(H,28,32)(H,29,30)/t24-/m1/s1. The number of nitrogens with one attached hydrogen (secondary N) is 3. The number of amides is 2. The molecule has 0 saturated heterocycles. The molecule has 8 heteroatoms. The van der Waals surface area contributed by atoms with Crippen molar-refractivity contribution >= 4 is 39.4 Å². The molecule has 7 nitrogen and oxygen atoms in total. The van der Waals surface area contributed by atoms with E-state index in [-0.39, 0.29) is 24.9 Å². The molecular weight excluding hydrogens is 486 g/mol. The Bertz CT molecular complexity index is 1110. The van der Waals surface area contributed by atoms with Gasteiger partial charge in [-0.25, -0.2) is 0 Å². The summed E-state index contributed by atoms with van der Waals surface area (Å²) in [5, 5.41) is 8.69. The minimum atomic E-state index is -0.403.